The van der Waals surface area contributed by atoms with Gasteiger partial charge in [-0.1, -0.05) is 62.4 Å². The summed E-state index contributed by atoms with van der Waals surface area (Å²) in [6.45, 7) is 3.62. The zero-order valence-electron chi connectivity index (χ0n) is 19.7. The molecule has 3 aromatic rings. The van der Waals surface area contributed by atoms with E-state index >= 15 is 0 Å². The Morgan fingerprint density at radius 2 is 1.62 bits per heavy atom. The Balaban J connectivity index is 1.81. The van der Waals surface area contributed by atoms with Gasteiger partial charge in [-0.25, -0.2) is 4.79 Å². The highest BCUT2D eigenvalue weighted by Crippen LogP contribution is 2.19. The molecule has 1 aromatic heterocycles. The van der Waals surface area contributed by atoms with Gasteiger partial charge in [0.2, 0.25) is 11.8 Å². The maximum Gasteiger partial charge on any atom is 0.328 e. The SMILES string of the molecule is COC(=O)[C@H](NC(=O)[C@@H](Cc1c[nH]c2ccccc12)NC(=O)[C@H](N)Cc1ccccc1)C(C)C. The van der Waals surface area contributed by atoms with Crippen molar-refractivity contribution in [3.8, 4) is 0 Å². The number of benzene rings is 2. The van der Waals surface area contributed by atoms with Crippen LogP contribution in [0.4, 0.5) is 0 Å². The fraction of sp³-hybridized carbons (Fsp3) is 0.346. The molecule has 2 amide bonds. The molecular formula is C26H32N4O4. The monoisotopic (exact) mass is 464 g/mol. The van der Waals surface area contributed by atoms with E-state index in [1.54, 1.807) is 0 Å². The van der Waals surface area contributed by atoms with Gasteiger partial charge >= 0.3 is 5.97 Å². The van der Waals surface area contributed by atoms with E-state index in [-0.39, 0.29) is 12.3 Å². The van der Waals surface area contributed by atoms with Gasteiger partial charge in [-0.2, -0.15) is 0 Å². The third-order valence-electron chi connectivity index (χ3n) is 5.79. The summed E-state index contributed by atoms with van der Waals surface area (Å²) in [5.74, 6) is -1.65. The Hall–Kier alpha value is -3.65. The number of esters is 1. The number of para-hydroxylation sites is 1. The average molecular weight is 465 g/mol. The molecule has 0 bridgehead atoms. The molecule has 2 aromatic carbocycles. The molecule has 0 fully saturated rings. The van der Waals surface area contributed by atoms with Gasteiger partial charge < -0.3 is 26.1 Å². The first kappa shape index (κ1) is 25.0. The lowest BCUT2D eigenvalue weighted by Crippen LogP contribution is -2.56. The van der Waals surface area contributed by atoms with Crippen LogP contribution in [-0.4, -0.2) is 48.0 Å². The van der Waals surface area contributed by atoms with Crippen molar-refractivity contribution in [3.05, 3.63) is 71.9 Å². The summed E-state index contributed by atoms with van der Waals surface area (Å²) in [6.07, 6.45) is 2.39. The summed E-state index contributed by atoms with van der Waals surface area (Å²) < 4.78 is 4.84. The number of hydrogen-bond donors (Lipinski definition) is 4. The van der Waals surface area contributed by atoms with Gasteiger partial charge in [0.15, 0.2) is 0 Å². The van der Waals surface area contributed by atoms with Crippen molar-refractivity contribution in [1.29, 1.82) is 0 Å². The fourth-order valence-corrected chi connectivity index (χ4v) is 3.85. The number of carbonyl (C=O) groups excluding carboxylic acids is 3. The number of aromatic nitrogens is 1. The maximum atomic E-state index is 13.3. The first-order chi connectivity index (χ1) is 16.3. The van der Waals surface area contributed by atoms with E-state index in [0.717, 1.165) is 22.0 Å². The van der Waals surface area contributed by atoms with Crippen molar-refractivity contribution in [3.63, 3.8) is 0 Å². The third kappa shape index (κ3) is 6.23. The third-order valence-corrected chi connectivity index (χ3v) is 5.79. The number of amides is 2. The number of carbonyl (C=O) groups is 3. The predicted octanol–water partition coefficient (Wildman–Crippen LogP) is 2.08. The van der Waals surface area contributed by atoms with Crippen LogP contribution in [-0.2, 0) is 32.0 Å². The van der Waals surface area contributed by atoms with E-state index in [9.17, 15) is 14.4 Å². The Labute approximate surface area is 199 Å². The Bertz CT molecular complexity index is 1130. The van der Waals surface area contributed by atoms with Gasteiger partial charge in [0.1, 0.15) is 12.1 Å². The highest BCUT2D eigenvalue weighted by atomic mass is 16.5. The van der Waals surface area contributed by atoms with E-state index in [1.165, 1.54) is 7.11 Å². The van der Waals surface area contributed by atoms with Crippen LogP contribution in [0, 0.1) is 5.92 Å². The standard InChI is InChI=1S/C26H32N4O4/c1-16(2)23(26(33)34-3)30-25(32)22(14-18-15-28-21-12-8-7-11-19(18)21)29-24(31)20(27)13-17-9-5-4-6-10-17/h4-12,15-16,20,22-23,28H,13-14,27H2,1-3H3,(H,29,31)(H,30,32)/t20-,22-,23-/m1/s1. The first-order valence-electron chi connectivity index (χ1n) is 11.3. The second-order valence-corrected chi connectivity index (χ2v) is 8.67. The molecule has 0 aliphatic carbocycles. The van der Waals surface area contributed by atoms with Gasteiger partial charge in [0.05, 0.1) is 13.2 Å². The molecule has 3 rings (SSSR count). The molecular weight excluding hydrogens is 432 g/mol. The van der Waals surface area contributed by atoms with Gasteiger partial charge in [-0.05, 0) is 29.5 Å². The molecule has 8 nitrogen and oxygen atoms in total. The number of methoxy groups -OCH3 is 1. The van der Waals surface area contributed by atoms with Crippen LogP contribution in [0.15, 0.2) is 60.8 Å². The molecule has 8 heteroatoms. The van der Waals surface area contributed by atoms with Crippen molar-refractivity contribution in [1.82, 2.24) is 15.6 Å². The number of nitrogens with one attached hydrogen (secondary N) is 3. The first-order valence-corrected chi connectivity index (χ1v) is 11.3. The molecule has 0 unspecified atom stereocenters. The zero-order chi connectivity index (χ0) is 24.7. The number of aromatic amines is 1. The molecule has 34 heavy (non-hydrogen) atoms. The summed E-state index contributed by atoms with van der Waals surface area (Å²) in [6, 6.07) is 14.6. The second-order valence-electron chi connectivity index (χ2n) is 8.67. The number of hydrogen-bond acceptors (Lipinski definition) is 5. The van der Waals surface area contributed by atoms with E-state index in [4.69, 9.17) is 10.5 Å². The van der Waals surface area contributed by atoms with Crippen molar-refractivity contribution >= 4 is 28.7 Å². The quantitative estimate of drug-likeness (QED) is 0.342. The molecule has 0 spiro atoms. The summed E-state index contributed by atoms with van der Waals surface area (Å²) >= 11 is 0. The highest BCUT2D eigenvalue weighted by Gasteiger charge is 2.31. The predicted molar refractivity (Wildman–Crippen MR) is 131 cm³/mol. The lowest BCUT2D eigenvalue weighted by Gasteiger charge is -2.25. The van der Waals surface area contributed by atoms with Crippen molar-refractivity contribution in [2.45, 2.75) is 44.8 Å². The van der Waals surface area contributed by atoms with E-state index in [0.29, 0.717) is 6.42 Å². The lowest BCUT2D eigenvalue weighted by atomic mass is 10.0. The zero-order valence-corrected chi connectivity index (χ0v) is 19.7. The van der Waals surface area contributed by atoms with Gasteiger partial charge in [-0.3, -0.25) is 9.59 Å². The Morgan fingerprint density at radius 3 is 2.29 bits per heavy atom. The van der Waals surface area contributed by atoms with Gasteiger partial charge in [0, 0.05) is 23.5 Å². The number of fused-ring (bicyclic) bond motifs is 1. The van der Waals surface area contributed by atoms with Crippen LogP contribution in [0.5, 0.6) is 0 Å². The number of ether oxygens (including phenoxy) is 1. The molecule has 0 radical (unpaired) electrons. The summed E-state index contributed by atoms with van der Waals surface area (Å²) in [4.78, 5) is 41.6. The maximum absolute atomic E-state index is 13.3. The minimum Gasteiger partial charge on any atom is -0.467 e. The molecule has 180 valence electrons. The highest BCUT2D eigenvalue weighted by molar-refractivity contribution is 5.93. The van der Waals surface area contributed by atoms with Crippen LogP contribution in [0.1, 0.15) is 25.0 Å². The normalized spacial score (nSPS) is 13.8. The van der Waals surface area contributed by atoms with Gasteiger partial charge in [0.25, 0.3) is 0 Å². The topological polar surface area (TPSA) is 126 Å². The minimum absolute atomic E-state index is 0.193. The summed E-state index contributed by atoms with van der Waals surface area (Å²) in [5, 5.41) is 6.50. The van der Waals surface area contributed by atoms with Crippen LogP contribution < -0.4 is 16.4 Å². The van der Waals surface area contributed by atoms with E-state index < -0.39 is 35.9 Å². The number of H-pyrrole nitrogens is 1. The second kappa shape index (κ2) is 11.5. The van der Waals surface area contributed by atoms with E-state index in [2.05, 4.69) is 15.6 Å². The van der Waals surface area contributed by atoms with Crippen LogP contribution >= 0.6 is 0 Å². The molecule has 0 aliphatic rings. The molecule has 0 saturated carbocycles. The van der Waals surface area contributed by atoms with Crippen LogP contribution in [0.3, 0.4) is 0 Å². The summed E-state index contributed by atoms with van der Waals surface area (Å²) in [7, 11) is 1.28. The fourth-order valence-electron chi connectivity index (χ4n) is 3.85. The minimum atomic E-state index is -0.931. The van der Waals surface area contributed by atoms with Crippen LogP contribution in [0.2, 0.25) is 0 Å². The van der Waals surface area contributed by atoms with Crippen LogP contribution in [0.25, 0.3) is 10.9 Å². The number of nitrogens with two attached hydrogens (primary N) is 1. The summed E-state index contributed by atoms with van der Waals surface area (Å²) in [5.41, 5.74) is 8.88. The van der Waals surface area contributed by atoms with Gasteiger partial charge in [-0.15, -0.1) is 0 Å². The molecule has 1 heterocycles. The smallest absolute Gasteiger partial charge is 0.328 e. The van der Waals surface area contributed by atoms with Crippen molar-refractivity contribution < 1.29 is 19.1 Å². The van der Waals surface area contributed by atoms with Crippen molar-refractivity contribution in [2.24, 2.45) is 11.7 Å². The van der Waals surface area contributed by atoms with Crippen molar-refractivity contribution in [2.75, 3.05) is 7.11 Å². The lowest BCUT2D eigenvalue weighted by molar-refractivity contribution is -0.146. The molecule has 0 aliphatic heterocycles. The number of rotatable bonds is 10. The average Bonchev–Trinajstić information content (AvgIpc) is 3.24. The van der Waals surface area contributed by atoms with E-state index in [1.807, 2.05) is 74.6 Å². The molecule has 5 N–H and O–H groups in total. The molecule has 3 atom stereocenters. The Kier molecular flexibility index (Phi) is 8.43. The largest absolute Gasteiger partial charge is 0.467 e. The molecule has 0 saturated heterocycles. The Morgan fingerprint density at radius 1 is 0.941 bits per heavy atom.